The van der Waals surface area contributed by atoms with Gasteiger partial charge in [0.05, 0.1) is 12.6 Å². The Kier molecular flexibility index (Phi) is 9.94. The number of rotatable bonds is 9. The highest BCUT2D eigenvalue weighted by molar-refractivity contribution is 6.46. The Balaban J connectivity index is 1.74. The van der Waals surface area contributed by atoms with Crippen molar-refractivity contribution in [2.45, 2.75) is 106 Å². The molecular weight excluding hydrogens is 564 g/mol. The topological polar surface area (TPSA) is 149 Å². The van der Waals surface area contributed by atoms with Gasteiger partial charge in [-0.25, -0.2) is 0 Å². The Morgan fingerprint density at radius 1 is 1.09 bits per heavy atom. The van der Waals surface area contributed by atoms with E-state index in [0.717, 1.165) is 61.0 Å². The molecule has 2 heterocycles. The van der Waals surface area contributed by atoms with E-state index in [0.29, 0.717) is 17.2 Å². The van der Waals surface area contributed by atoms with Gasteiger partial charge in [-0.05, 0) is 98.9 Å². The number of amides is 2. The van der Waals surface area contributed by atoms with Crippen molar-refractivity contribution in [1.29, 1.82) is 5.53 Å². The number of nitrogens with two attached hydrogens (primary N) is 1. The van der Waals surface area contributed by atoms with Gasteiger partial charge in [0, 0.05) is 22.5 Å². The summed E-state index contributed by atoms with van der Waals surface area (Å²) in [6, 6.07) is 11.2. The van der Waals surface area contributed by atoms with Crippen molar-refractivity contribution in [3.05, 3.63) is 64.5 Å². The molecule has 2 aliphatic rings. The van der Waals surface area contributed by atoms with Crippen LogP contribution < -0.4 is 11.1 Å². The number of nitrogens with one attached hydrogen (secondary N) is 2. The fourth-order valence-electron chi connectivity index (χ4n) is 6.75. The number of hydrogen-bond donors (Lipinski definition) is 3. The van der Waals surface area contributed by atoms with Gasteiger partial charge in [0.15, 0.2) is 0 Å². The summed E-state index contributed by atoms with van der Waals surface area (Å²) in [4.78, 5) is 39.5. The van der Waals surface area contributed by atoms with E-state index in [9.17, 15) is 9.59 Å². The monoisotopic (exact) mass is 614 g/mol. The first-order valence-electron chi connectivity index (χ1n) is 16.0. The third-order valence-electron chi connectivity index (χ3n) is 9.20. The second kappa shape index (κ2) is 13.2. The fraction of sp³-hybridized carbons (Fsp3) is 0.571. The minimum atomic E-state index is -0.627. The number of aryl methyl sites for hydroxylation is 2. The molecule has 242 valence electrons. The molecule has 1 spiro atoms. The van der Waals surface area contributed by atoms with E-state index in [-0.39, 0.29) is 41.1 Å². The first kappa shape index (κ1) is 33.9. The number of nitrogens with zero attached hydrogens (tertiary/aromatic N) is 5. The summed E-state index contributed by atoms with van der Waals surface area (Å²) >= 11 is 0. The Bertz CT molecular complexity index is 1450. The lowest BCUT2D eigenvalue weighted by Crippen LogP contribution is -2.51. The van der Waals surface area contributed by atoms with Crippen LogP contribution in [0.25, 0.3) is 0 Å². The lowest BCUT2D eigenvalue weighted by Gasteiger charge is -2.47. The molecule has 1 aromatic carbocycles. The minimum absolute atomic E-state index is 0.00833. The summed E-state index contributed by atoms with van der Waals surface area (Å²) in [6.07, 6.45) is 5.31. The first-order valence-corrected chi connectivity index (χ1v) is 16.0. The molecule has 0 saturated heterocycles. The summed E-state index contributed by atoms with van der Waals surface area (Å²) in [6.45, 7) is 17.5. The molecule has 4 rings (SSSR count). The number of aliphatic imine (C=N–C) groups is 1. The van der Waals surface area contributed by atoms with Gasteiger partial charge >= 0.3 is 0 Å². The van der Waals surface area contributed by atoms with Crippen LogP contribution in [0.15, 0.2) is 51.7 Å². The number of carbonyl (C=O) groups excluding carboxylic acids is 2. The van der Waals surface area contributed by atoms with Gasteiger partial charge in [-0.15, -0.1) is 5.10 Å². The summed E-state index contributed by atoms with van der Waals surface area (Å²) in [5.41, 5.74) is 16.6. The highest BCUT2D eigenvalue weighted by Gasteiger charge is 2.52. The highest BCUT2D eigenvalue weighted by Crippen LogP contribution is 2.50. The van der Waals surface area contributed by atoms with Crippen molar-refractivity contribution in [2.24, 2.45) is 37.8 Å². The Morgan fingerprint density at radius 2 is 1.69 bits per heavy atom. The lowest BCUT2D eigenvalue weighted by molar-refractivity contribution is -0.134. The van der Waals surface area contributed by atoms with Crippen LogP contribution in [0.2, 0.25) is 0 Å². The Morgan fingerprint density at radius 3 is 2.22 bits per heavy atom. The molecule has 1 saturated carbocycles. The summed E-state index contributed by atoms with van der Waals surface area (Å²) < 4.78 is 0. The smallest absolute Gasteiger partial charge is 0.275 e. The second-order valence-electron chi connectivity index (χ2n) is 15.0. The largest absolute Gasteiger partial charge is 0.384 e. The molecule has 2 amide bonds. The van der Waals surface area contributed by atoms with E-state index < -0.39 is 5.66 Å². The average molecular weight is 615 g/mol. The van der Waals surface area contributed by atoms with Gasteiger partial charge < -0.3 is 16.0 Å². The van der Waals surface area contributed by atoms with Crippen LogP contribution in [-0.2, 0) is 4.79 Å². The molecule has 1 fully saturated rings. The molecule has 10 heteroatoms. The second-order valence-corrected chi connectivity index (χ2v) is 15.0. The van der Waals surface area contributed by atoms with Crippen LogP contribution >= 0.6 is 0 Å². The van der Waals surface area contributed by atoms with Crippen LogP contribution in [0.3, 0.4) is 0 Å². The fourth-order valence-corrected chi connectivity index (χ4v) is 6.75. The predicted octanol–water partition coefficient (Wildman–Crippen LogP) is 6.86. The number of benzene rings is 1. The molecule has 0 bridgehead atoms. The number of hydrogen-bond acceptors (Lipinski definition) is 6. The number of pyridine rings is 1. The van der Waals surface area contributed by atoms with Gasteiger partial charge in [0.2, 0.25) is 0 Å². The quantitative estimate of drug-likeness (QED) is 0.122. The molecule has 0 radical (unpaired) electrons. The number of amidine groups is 1. The number of aromatic nitrogens is 1. The van der Waals surface area contributed by atoms with E-state index in [1.807, 2.05) is 38.1 Å². The summed E-state index contributed by atoms with van der Waals surface area (Å²) in [7, 11) is 0. The predicted molar refractivity (Wildman–Crippen MR) is 178 cm³/mol. The molecular formula is C35H50N8O2. The van der Waals surface area contributed by atoms with Gasteiger partial charge in [-0.3, -0.25) is 19.6 Å². The summed E-state index contributed by atoms with van der Waals surface area (Å²) in [5, 5.41) is 9.04. The van der Waals surface area contributed by atoms with E-state index in [2.05, 4.69) is 67.1 Å². The lowest BCUT2D eigenvalue weighted by atomic mass is 9.69. The first-order chi connectivity index (χ1) is 21.0. The van der Waals surface area contributed by atoms with Crippen molar-refractivity contribution in [2.75, 3.05) is 6.54 Å². The molecule has 1 aliphatic carbocycles. The van der Waals surface area contributed by atoms with E-state index >= 15 is 0 Å². The van der Waals surface area contributed by atoms with Crippen LogP contribution in [0, 0.1) is 36.1 Å². The third kappa shape index (κ3) is 8.02. The van der Waals surface area contributed by atoms with Crippen molar-refractivity contribution in [1.82, 2.24) is 15.2 Å². The van der Waals surface area contributed by atoms with Gasteiger partial charge in [0.1, 0.15) is 17.2 Å². The van der Waals surface area contributed by atoms with Crippen molar-refractivity contribution in [3.8, 4) is 0 Å². The average Bonchev–Trinajstić information content (AvgIpc) is 3.22. The maximum atomic E-state index is 14.7. The van der Waals surface area contributed by atoms with Crippen molar-refractivity contribution in [3.63, 3.8) is 0 Å². The molecule has 1 aromatic heterocycles. The van der Waals surface area contributed by atoms with E-state index in [1.165, 1.54) is 0 Å². The van der Waals surface area contributed by atoms with E-state index in [1.54, 1.807) is 12.1 Å². The Hall–Kier alpha value is -3.95. The maximum absolute atomic E-state index is 14.7. The van der Waals surface area contributed by atoms with Gasteiger partial charge in [-0.2, -0.15) is 5.53 Å². The molecule has 4 N–H and O–H groups in total. The maximum Gasteiger partial charge on any atom is 0.275 e. The molecule has 2 aromatic rings. The van der Waals surface area contributed by atoms with Crippen LogP contribution in [0.1, 0.15) is 119 Å². The molecule has 1 unspecified atom stereocenters. The molecule has 10 nitrogen and oxygen atoms in total. The number of carbonyl (C=O) groups is 2. The van der Waals surface area contributed by atoms with Crippen LogP contribution in [-0.4, -0.2) is 45.5 Å². The van der Waals surface area contributed by atoms with Gasteiger partial charge in [-0.1, -0.05) is 58.9 Å². The van der Waals surface area contributed by atoms with Crippen LogP contribution in [0.5, 0.6) is 0 Å². The SMILES string of the molecule is Cc1cc(C2=NC3(CCC(C(C)(C)C)CC3)N(C(CCC(C)(C)C)c3ccc(C(=O)NCC(N)=NN=N)cc3)C2=O)cc(C)n1. The normalized spacial score (nSPS) is 21.6. The van der Waals surface area contributed by atoms with Crippen LogP contribution in [0.4, 0.5) is 0 Å². The molecule has 1 atom stereocenters. The van der Waals surface area contributed by atoms with Crippen molar-refractivity contribution < 1.29 is 9.59 Å². The zero-order valence-electron chi connectivity index (χ0n) is 28.2. The zero-order valence-corrected chi connectivity index (χ0v) is 28.2. The van der Waals surface area contributed by atoms with Crippen molar-refractivity contribution >= 4 is 23.4 Å². The highest BCUT2D eigenvalue weighted by atomic mass is 16.2. The minimum Gasteiger partial charge on any atom is -0.384 e. The molecule has 1 aliphatic heterocycles. The van der Waals surface area contributed by atoms with Gasteiger partial charge in [0.25, 0.3) is 11.8 Å². The Labute approximate surface area is 267 Å². The van der Waals surface area contributed by atoms with E-state index in [4.69, 9.17) is 16.3 Å². The standard InChI is InChI=1S/C35H50N8O2/c1-22-19-26(20-23(2)39-22)30-32(45)43(35(40-30)17-13-27(14-18-35)34(6,7)8)28(15-16-33(3,4)5)24-9-11-25(12-10-24)31(44)38-21-29(36)41-42-37/h9-12,19-20,27-28H,13-18,21H2,1-8H3,(H,38,44)(H3,36,37,41). The summed E-state index contributed by atoms with van der Waals surface area (Å²) in [5.74, 6) is 0.264. The zero-order chi connectivity index (χ0) is 33.2. The molecule has 45 heavy (non-hydrogen) atoms. The third-order valence-corrected chi connectivity index (χ3v) is 9.20.